The van der Waals surface area contributed by atoms with Crippen molar-refractivity contribution in [3.63, 3.8) is 0 Å². The maximum atomic E-state index is 12.1. The van der Waals surface area contributed by atoms with Crippen LogP contribution < -0.4 is 5.56 Å². The Balaban J connectivity index is 2.47. The van der Waals surface area contributed by atoms with Crippen LogP contribution in [0, 0.1) is 12.8 Å². The fourth-order valence-electron chi connectivity index (χ4n) is 1.52. The van der Waals surface area contributed by atoms with Gasteiger partial charge in [-0.05, 0) is 17.9 Å². The molecule has 90 valence electrons. The van der Waals surface area contributed by atoms with E-state index in [1.807, 2.05) is 26.2 Å². The van der Waals surface area contributed by atoms with E-state index in [1.165, 1.54) is 22.2 Å². The molecule has 0 radical (unpaired) electrons. The second kappa shape index (κ2) is 4.41. The van der Waals surface area contributed by atoms with E-state index in [-0.39, 0.29) is 23.8 Å². The summed E-state index contributed by atoms with van der Waals surface area (Å²) < 4.78 is 2.02. The predicted octanol–water partition coefficient (Wildman–Crippen LogP) is 1.99. The molecule has 0 aliphatic carbocycles. The lowest BCUT2D eigenvalue weighted by Crippen LogP contribution is -2.26. The van der Waals surface area contributed by atoms with Gasteiger partial charge in [-0.2, -0.15) is 0 Å². The number of fused-ring (bicyclic) bond motifs is 1. The van der Waals surface area contributed by atoms with E-state index < -0.39 is 0 Å². The van der Waals surface area contributed by atoms with Crippen LogP contribution in [0.1, 0.15) is 19.4 Å². The zero-order valence-corrected chi connectivity index (χ0v) is 10.9. The Kier molecular flexibility index (Phi) is 3.11. The number of carbonyl (C=O) groups excluding carboxylic acids is 1. The summed E-state index contributed by atoms with van der Waals surface area (Å²) in [4.78, 5) is 27.9. The smallest absolute Gasteiger partial charge is 0.271 e. The van der Waals surface area contributed by atoms with Crippen molar-refractivity contribution < 1.29 is 4.79 Å². The molecule has 2 aromatic heterocycles. The molecule has 2 heterocycles. The molecular formula is C12H14N2O2S. The summed E-state index contributed by atoms with van der Waals surface area (Å²) in [5, 5.41) is 1.91. The van der Waals surface area contributed by atoms with Crippen molar-refractivity contribution in [1.82, 2.24) is 9.55 Å². The number of aryl methyl sites for hydroxylation is 1. The first-order chi connectivity index (χ1) is 8.00. The standard InChI is InChI=1S/C12H14N2O2S/c1-7(2)9(15)4-14-6-13-10-8(3)5-17-11(10)12(14)16/h5-7H,4H2,1-3H3. The summed E-state index contributed by atoms with van der Waals surface area (Å²) in [6.07, 6.45) is 1.46. The van der Waals surface area contributed by atoms with Gasteiger partial charge in [-0.15, -0.1) is 11.3 Å². The van der Waals surface area contributed by atoms with Crippen LogP contribution >= 0.6 is 11.3 Å². The molecule has 0 fully saturated rings. The van der Waals surface area contributed by atoms with E-state index in [4.69, 9.17) is 0 Å². The molecule has 0 saturated carbocycles. The third-order valence-electron chi connectivity index (χ3n) is 2.69. The van der Waals surface area contributed by atoms with Gasteiger partial charge in [0, 0.05) is 5.92 Å². The maximum absolute atomic E-state index is 12.1. The molecule has 0 aliphatic rings. The van der Waals surface area contributed by atoms with Gasteiger partial charge in [-0.1, -0.05) is 13.8 Å². The van der Waals surface area contributed by atoms with Crippen LogP contribution in [0.15, 0.2) is 16.5 Å². The van der Waals surface area contributed by atoms with Gasteiger partial charge >= 0.3 is 0 Å². The maximum Gasteiger partial charge on any atom is 0.271 e. The molecule has 0 saturated heterocycles. The quantitative estimate of drug-likeness (QED) is 0.837. The molecule has 0 aromatic carbocycles. The Bertz CT molecular complexity index is 625. The number of hydrogen-bond donors (Lipinski definition) is 0. The van der Waals surface area contributed by atoms with E-state index in [0.717, 1.165) is 11.1 Å². The van der Waals surface area contributed by atoms with Crippen LogP contribution in [0.25, 0.3) is 10.2 Å². The van der Waals surface area contributed by atoms with Crippen molar-refractivity contribution in [2.75, 3.05) is 0 Å². The van der Waals surface area contributed by atoms with Crippen molar-refractivity contribution >= 4 is 27.3 Å². The number of carbonyl (C=O) groups is 1. The second-order valence-electron chi connectivity index (χ2n) is 4.40. The van der Waals surface area contributed by atoms with Gasteiger partial charge in [0.2, 0.25) is 0 Å². The molecule has 4 nitrogen and oxygen atoms in total. The number of aromatic nitrogens is 2. The zero-order chi connectivity index (χ0) is 12.6. The Hall–Kier alpha value is -1.49. The topological polar surface area (TPSA) is 52.0 Å². The summed E-state index contributed by atoms with van der Waals surface area (Å²) in [5.74, 6) is -0.0239. The molecule has 0 unspecified atom stereocenters. The fourth-order valence-corrected chi connectivity index (χ4v) is 2.47. The van der Waals surface area contributed by atoms with Crippen LogP contribution in [0.3, 0.4) is 0 Å². The van der Waals surface area contributed by atoms with Crippen molar-refractivity contribution in [3.8, 4) is 0 Å². The van der Waals surface area contributed by atoms with Gasteiger partial charge in [0.05, 0.1) is 18.4 Å². The van der Waals surface area contributed by atoms with Crippen molar-refractivity contribution in [3.05, 3.63) is 27.6 Å². The molecule has 0 amide bonds. The molecule has 0 bridgehead atoms. The zero-order valence-electron chi connectivity index (χ0n) is 10.1. The van der Waals surface area contributed by atoms with E-state index in [9.17, 15) is 9.59 Å². The Labute approximate surface area is 103 Å². The van der Waals surface area contributed by atoms with Crippen molar-refractivity contribution in [2.24, 2.45) is 5.92 Å². The molecule has 5 heteroatoms. The number of ketones is 1. The van der Waals surface area contributed by atoms with Gasteiger partial charge in [-0.3, -0.25) is 14.2 Å². The van der Waals surface area contributed by atoms with E-state index in [1.54, 1.807) is 0 Å². The molecule has 0 N–H and O–H groups in total. The highest BCUT2D eigenvalue weighted by Gasteiger charge is 2.12. The largest absolute Gasteiger partial charge is 0.297 e. The van der Waals surface area contributed by atoms with Gasteiger partial charge < -0.3 is 0 Å². The average molecular weight is 250 g/mol. The van der Waals surface area contributed by atoms with Crippen molar-refractivity contribution in [1.29, 1.82) is 0 Å². The highest BCUT2D eigenvalue weighted by Crippen LogP contribution is 2.19. The Morgan fingerprint density at radius 3 is 2.88 bits per heavy atom. The third kappa shape index (κ3) is 2.15. The molecular weight excluding hydrogens is 236 g/mol. The molecule has 2 rings (SSSR count). The second-order valence-corrected chi connectivity index (χ2v) is 5.27. The summed E-state index contributed by atoms with van der Waals surface area (Å²) in [7, 11) is 0. The fraction of sp³-hybridized carbons (Fsp3) is 0.417. The lowest BCUT2D eigenvalue weighted by atomic mass is 10.1. The average Bonchev–Trinajstić information content (AvgIpc) is 2.65. The van der Waals surface area contributed by atoms with Crippen LogP contribution in [-0.2, 0) is 11.3 Å². The van der Waals surface area contributed by atoms with Crippen LogP contribution in [-0.4, -0.2) is 15.3 Å². The highest BCUT2D eigenvalue weighted by atomic mass is 32.1. The molecule has 2 aromatic rings. The number of nitrogens with zero attached hydrogens (tertiary/aromatic N) is 2. The van der Waals surface area contributed by atoms with Crippen LogP contribution in [0.4, 0.5) is 0 Å². The van der Waals surface area contributed by atoms with Crippen LogP contribution in [0.2, 0.25) is 0 Å². The van der Waals surface area contributed by atoms with E-state index >= 15 is 0 Å². The first-order valence-electron chi connectivity index (χ1n) is 5.46. The van der Waals surface area contributed by atoms with Gasteiger partial charge in [0.25, 0.3) is 5.56 Å². The minimum Gasteiger partial charge on any atom is -0.297 e. The van der Waals surface area contributed by atoms with Crippen molar-refractivity contribution in [2.45, 2.75) is 27.3 Å². The first-order valence-corrected chi connectivity index (χ1v) is 6.34. The molecule has 0 spiro atoms. The van der Waals surface area contributed by atoms with Gasteiger partial charge in [0.15, 0.2) is 5.78 Å². The number of thiophene rings is 1. The van der Waals surface area contributed by atoms with E-state index in [2.05, 4.69) is 4.98 Å². The summed E-state index contributed by atoms with van der Waals surface area (Å²) in [6, 6.07) is 0. The summed E-state index contributed by atoms with van der Waals surface area (Å²) in [6.45, 7) is 5.69. The number of hydrogen-bond acceptors (Lipinski definition) is 4. The molecule has 0 atom stereocenters. The lowest BCUT2D eigenvalue weighted by molar-refractivity contribution is -0.122. The van der Waals surface area contributed by atoms with E-state index in [0.29, 0.717) is 4.70 Å². The SMILES string of the molecule is Cc1csc2c(=O)n(CC(=O)C(C)C)cnc12. The Morgan fingerprint density at radius 2 is 2.24 bits per heavy atom. The lowest BCUT2D eigenvalue weighted by Gasteiger charge is -2.06. The molecule has 17 heavy (non-hydrogen) atoms. The first kappa shape index (κ1) is 12.0. The predicted molar refractivity (Wildman–Crippen MR) is 68.5 cm³/mol. The molecule has 0 aliphatic heterocycles. The summed E-state index contributed by atoms with van der Waals surface area (Å²) >= 11 is 1.38. The van der Waals surface area contributed by atoms with Crippen LogP contribution in [0.5, 0.6) is 0 Å². The van der Waals surface area contributed by atoms with Gasteiger partial charge in [-0.25, -0.2) is 4.98 Å². The Morgan fingerprint density at radius 1 is 1.53 bits per heavy atom. The highest BCUT2D eigenvalue weighted by molar-refractivity contribution is 7.17. The monoisotopic (exact) mass is 250 g/mol. The minimum atomic E-state index is -0.123. The third-order valence-corrected chi connectivity index (χ3v) is 3.77. The number of rotatable bonds is 3. The van der Waals surface area contributed by atoms with Gasteiger partial charge in [0.1, 0.15) is 4.70 Å². The number of Topliss-reactive ketones (excluding diaryl/α,β-unsaturated/α-hetero) is 1. The normalized spacial score (nSPS) is 11.3. The minimum absolute atomic E-state index is 0.0431. The summed E-state index contributed by atoms with van der Waals surface area (Å²) in [5.41, 5.74) is 1.62.